The van der Waals surface area contributed by atoms with Crippen molar-refractivity contribution >= 4 is 23.3 Å². The number of piperazine rings is 1. The molecule has 0 radical (unpaired) electrons. The highest BCUT2D eigenvalue weighted by atomic mass is 16.2. The van der Waals surface area contributed by atoms with Gasteiger partial charge >= 0.3 is 6.03 Å². The van der Waals surface area contributed by atoms with Gasteiger partial charge in [-0.2, -0.15) is 0 Å². The number of hydrogen-bond donors (Lipinski definition) is 2. The average molecular weight is 302 g/mol. The first-order valence-corrected chi connectivity index (χ1v) is 7.79. The van der Waals surface area contributed by atoms with Crippen molar-refractivity contribution in [2.75, 3.05) is 36.8 Å². The number of rotatable bonds is 3. The molecule has 1 aliphatic carbocycles. The maximum absolute atomic E-state index is 12.3. The van der Waals surface area contributed by atoms with Crippen molar-refractivity contribution in [3.8, 4) is 0 Å². The second-order valence-electron chi connectivity index (χ2n) is 5.95. The molecule has 0 unspecified atom stereocenters. The molecule has 0 aromatic heterocycles. The van der Waals surface area contributed by atoms with Gasteiger partial charge in [-0.1, -0.05) is 6.07 Å². The molecule has 0 atom stereocenters. The third-order valence-corrected chi connectivity index (χ3v) is 4.10. The Morgan fingerprint density at radius 2 is 1.68 bits per heavy atom. The molecule has 2 aliphatic rings. The molecule has 1 aliphatic heterocycles. The van der Waals surface area contributed by atoms with Crippen LogP contribution in [0.15, 0.2) is 24.3 Å². The largest absolute Gasteiger partial charge is 0.326 e. The van der Waals surface area contributed by atoms with Gasteiger partial charge in [0.05, 0.1) is 0 Å². The Kier molecular flexibility index (Phi) is 4.29. The first-order chi connectivity index (χ1) is 10.6. The van der Waals surface area contributed by atoms with Crippen LogP contribution in [0.1, 0.15) is 19.8 Å². The van der Waals surface area contributed by atoms with Gasteiger partial charge in [0.1, 0.15) is 0 Å². The minimum atomic E-state index is -0.125. The van der Waals surface area contributed by atoms with Crippen LogP contribution >= 0.6 is 0 Å². The van der Waals surface area contributed by atoms with E-state index in [1.807, 2.05) is 17.0 Å². The monoisotopic (exact) mass is 302 g/mol. The molecule has 2 N–H and O–H groups in total. The molecule has 3 amide bonds. The van der Waals surface area contributed by atoms with Crippen molar-refractivity contribution < 1.29 is 9.59 Å². The van der Waals surface area contributed by atoms with E-state index < -0.39 is 0 Å². The van der Waals surface area contributed by atoms with Crippen LogP contribution in [0.4, 0.5) is 16.2 Å². The zero-order valence-electron chi connectivity index (χ0n) is 12.8. The molecule has 22 heavy (non-hydrogen) atoms. The molecule has 6 nitrogen and oxygen atoms in total. The second kappa shape index (κ2) is 6.36. The molecular formula is C16H22N4O2. The Labute approximate surface area is 130 Å². The Morgan fingerprint density at radius 1 is 1.05 bits per heavy atom. The summed E-state index contributed by atoms with van der Waals surface area (Å²) in [6, 6.07) is 7.89. The fraction of sp³-hybridized carbons (Fsp3) is 0.500. The van der Waals surface area contributed by atoms with Gasteiger partial charge in [-0.3, -0.25) is 9.69 Å². The van der Waals surface area contributed by atoms with Crippen LogP contribution in [-0.2, 0) is 4.79 Å². The molecule has 2 fully saturated rings. The topological polar surface area (TPSA) is 64.7 Å². The minimum absolute atomic E-state index is 0.0737. The molecule has 1 saturated heterocycles. The third-order valence-electron chi connectivity index (χ3n) is 4.10. The van der Waals surface area contributed by atoms with E-state index in [1.165, 1.54) is 19.8 Å². The summed E-state index contributed by atoms with van der Waals surface area (Å²) in [6.45, 7) is 4.93. The van der Waals surface area contributed by atoms with Crippen molar-refractivity contribution in [1.29, 1.82) is 0 Å². The summed E-state index contributed by atoms with van der Waals surface area (Å²) in [6.07, 6.45) is 2.62. The highest BCUT2D eigenvalue weighted by molar-refractivity contribution is 5.92. The van der Waals surface area contributed by atoms with Crippen LogP contribution in [0.2, 0.25) is 0 Å². The molecule has 0 bridgehead atoms. The van der Waals surface area contributed by atoms with Gasteiger partial charge < -0.3 is 15.5 Å². The van der Waals surface area contributed by atoms with E-state index in [-0.39, 0.29) is 11.9 Å². The van der Waals surface area contributed by atoms with Gasteiger partial charge in [-0.25, -0.2) is 4.79 Å². The number of benzene rings is 1. The number of amides is 3. The van der Waals surface area contributed by atoms with Crippen LogP contribution in [0.5, 0.6) is 0 Å². The SMILES string of the molecule is CC(=O)Nc1cccc(NC(=O)N2CCN(C3CC3)CC2)c1. The Balaban J connectivity index is 1.54. The lowest BCUT2D eigenvalue weighted by atomic mass is 10.2. The van der Waals surface area contributed by atoms with Crippen molar-refractivity contribution in [3.63, 3.8) is 0 Å². The van der Waals surface area contributed by atoms with E-state index in [9.17, 15) is 9.59 Å². The molecule has 1 heterocycles. The van der Waals surface area contributed by atoms with E-state index >= 15 is 0 Å². The van der Waals surface area contributed by atoms with Crippen LogP contribution in [0, 0.1) is 0 Å². The van der Waals surface area contributed by atoms with E-state index in [4.69, 9.17) is 0 Å². The maximum Gasteiger partial charge on any atom is 0.321 e. The minimum Gasteiger partial charge on any atom is -0.326 e. The number of anilines is 2. The van der Waals surface area contributed by atoms with Crippen LogP contribution in [-0.4, -0.2) is 54.0 Å². The fourth-order valence-corrected chi connectivity index (χ4v) is 2.81. The predicted molar refractivity (Wildman–Crippen MR) is 85.9 cm³/mol. The summed E-state index contributed by atoms with van der Waals surface area (Å²) in [5.41, 5.74) is 1.38. The number of hydrogen-bond acceptors (Lipinski definition) is 3. The summed E-state index contributed by atoms with van der Waals surface area (Å²) >= 11 is 0. The highest BCUT2D eigenvalue weighted by Gasteiger charge is 2.32. The standard InChI is InChI=1S/C16H22N4O2/c1-12(21)17-13-3-2-4-14(11-13)18-16(22)20-9-7-19(8-10-20)15-5-6-15/h2-4,11,15H,5-10H2,1H3,(H,17,21)(H,18,22). The lowest BCUT2D eigenvalue weighted by molar-refractivity contribution is -0.114. The summed E-state index contributed by atoms with van der Waals surface area (Å²) < 4.78 is 0. The molecule has 3 rings (SSSR count). The molecule has 1 saturated carbocycles. The van der Waals surface area contributed by atoms with Crippen LogP contribution in [0.25, 0.3) is 0 Å². The van der Waals surface area contributed by atoms with Gasteiger partial charge in [0, 0.05) is 50.5 Å². The zero-order valence-corrected chi connectivity index (χ0v) is 12.8. The summed E-state index contributed by atoms with van der Waals surface area (Å²) in [5.74, 6) is -0.125. The molecule has 6 heteroatoms. The van der Waals surface area contributed by atoms with Gasteiger partial charge in [0.15, 0.2) is 0 Å². The van der Waals surface area contributed by atoms with Crippen molar-refractivity contribution in [2.24, 2.45) is 0 Å². The number of nitrogens with one attached hydrogen (secondary N) is 2. The fourth-order valence-electron chi connectivity index (χ4n) is 2.81. The average Bonchev–Trinajstić information content (AvgIpc) is 3.32. The summed E-state index contributed by atoms with van der Waals surface area (Å²) in [4.78, 5) is 27.7. The third kappa shape index (κ3) is 3.76. The Morgan fingerprint density at radius 3 is 2.27 bits per heavy atom. The van der Waals surface area contributed by atoms with E-state index in [0.717, 1.165) is 32.2 Å². The van der Waals surface area contributed by atoms with Gasteiger partial charge in [0.25, 0.3) is 0 Å². The second-order valence-corrected chi connectivity index (χ2v) is 5.95. The van der Waals surface area contributed by atoms with Gasteiger partial charge in [-0.15, -0.1) is 0 Å². The van der Waals surface area contributed by atoms with Crippen molar-refractivity contribution in [1.82, 2.24) is 9.80 Å². The zero-order chi connectivity index (χ0) is 15.5. The van der Waals surface area contributed by atoms with E-state index in [2.05, 4.69) is 15.5 Å². The first-order valence-electron chi connectivity index (χ1n) is 7.79. The van der Waals surface area contributed by atoms with Crippen LogP contribution < -0.4 is 10.6 Å². The van der Waals surface area contributed by atoms with Crippen molar-refractivity contribution in [2.45, 2.75) is 25.8 Å². The lowest BCUT2D eigenvalue weighted by Crippen LogP contribution is -2.50. The number of urea groups is 1. The van der Waals surface area contributed by atoms with Crippen LogP contribution in [0.3, 0.4) is 0 Å². The molecule has 1 aromatic carbocycles. The first kappa shape index (κ1) is 14.8. The van der Waals surface area contributed by atoms with Crippen molar-refractivity contribution in [3.05, 3.63) is 24.3 Å². The number of nitrogens with zero attached hydrogens (tertiary/aromatic N) is 2. The number of carbonyl (C=O) groups excluding carboxylic acids is 2. The van der Waals surface area contributed by atoms with E-state index in [1.54, 1.807) is 12.1 Å². The lowest BCUT2D eigenvalue weighted by Gasteiger charge is -2.34. The molecule has 118 valence electrons. The van der Waals surface area contributed by atoms with Gasteiger partial charge in [-0.05, 0) is 31.0 Å². The molecular weight excluding hydrogens is 280 g/mol. The maximum atomic E-state index is 12.3. The quantitative estimate of drug-likeness (QED) is 0.897. The van der Waals surface area contributed by atoms with Gasteiger partial charge in [0.2, 0.25) is 5.91 Å². The Bertz CT molecular complexity index is 563. The van der Waals surface area contributed by atoms with E-state index in [0.29, 0.717) is 11.4 Å². The number of carbonyl (C=O) groups is 2. The normalized spacial score (nSPS) is 18.9. The molecule has 0 spiro atoms. The predicted octanol–water partition coefficient (Wildman–Crippen LogP) is 1.96. The molecule has 1 aromatic rings. The smallest absolute Gasteiger partial charge is 0.321 e. The summed E-state index contributed by atoms with van der Waals surface area (Å²) in [7, 11) is 0. The highest BCUT2D eigenvalue weighted by Crippen LogP contribution is 2.27. The summed E-state index contributed by atoms with van der Waals surface area (Å²) in [5, 5.41) is 5.61. The Hall–Kier alpha value is -2.08.